The molecule has 0 saturated heterocycles. The number of carbonyl (C=O) groups excluding carboxylic acids is 1. The highest BCUT2D eigenvalue weighted by atomic mass is 35.5. The molecule has 0 spiro atoms. The van der Waals surface area contributed by atoms with Gasteiger partial charge in [-0.25, -0.2) is 10.1 Å². The first kappa shape index (κ1) is 16.2. The third kappa shape index (κ3) is 3.29. The minimum atomic E-state index is -0.516. The van der Waals surface area contributed by atoms with Gasteiger partial charge < -0.3 is 5.32 Å². The molecule has 3 heterocycles. The van der Waals surface area contributed by atoms with Crippen molar-refractivity contribution in [3.8, 4) is 5.82 Å². The van der Waals surface area contributed by atoms with Crippen molar-refractivity contribution in [1.82, 2.24) is 25.0 Å². The number of aromatic nitrogens is 5. The monoisotopic (exact) mass is 364 g/mol. The summed E-state index contributed by atoms with van der Waals surface area (Å²) in [6.45, 7) is 1.76. The van der Waals surface area contributed by atoms with Crippen LogP contribution in [0.5, 0.6) is 0 Å². The number of hydrogen-bond donors (Lipinski definition) is 2. The molecule has 2 N–H and O–H groups in total. The van der Waals surface area contributed by atoms with Gasteiger partial charge in [-0.1, -0.05) is 23.2 Å². The van der Waals surface area contributed by atoms with Crippen LogP contribution in [-0.2, 0) is 0 Å². The van der Waals surface area contributed by atoms with Gasteiger partial charge in [0.25, 0.3) is 11.5 Å². The Morgan fingerprint density at radius 1 is 1.29 bits per heavy atom. The van der Waals surface area contributed by atoms with Crippen molar-refractivity contribution in [3.05, 3.63) is 62.2 Å². The van der Waals surface area contributed by atoms with E-state index in [1.807, 2.05) is 0 Å². The first-order valence-corrected chi connectivity index (χ1v) is 7.45. The summed E-state index contributed by atoms with van der Waals surface area (Å²) in [5, 5.41) is 13.5. The van der Waals surface area contributed by atoms with E-state index in [2.05, 4.69) is 25.6 Å². The normalized spacial score (nSPS) is 10.6. The van der Waals surface area contributed by atoms with Crippen molar-refractivity contribution in [3.63, 3.8) is 0 Å². The van der Waals surface area contributed by atoms with Gasteiger partial charge in [0, 0.05) is 18.3 Å². The molecule has 0 aromatic carbocycles. The molecule has 0 atom stereocenters. The van der Waals surface area contributed by atoms with Crippen molar-refractivity contribution in [2.45, 2.75) is 6.92 Å². The molecule has 1 amide bonds. The molecule has 0 saturated carbocycles. The van der Waals surface area contributed by atoms with E-state index < -0.39 is 11.5 Å². The lowest BCUT2D eigenvalue weighted by atomic mass is 10.3. The number of amides is 1. The number of nitrogens with one attached hydrogen (secondary N) is 2. The van der Waals surface area contributed by atoms with E-state index >= 15 is 0 Å². The summed E-state index contributed by atoms with van der Waals surface area (Å²) in [6.07, 6.45) is 1.43. The van der Waals surface area contributed by atoms with Crippen LogP contribution in [0.25, 0.3) is 5.82 Å². The van der Waals surface area contributed by atoms with E-state index in [-0.39, 0.29) is 10.7 Å². The van der Waals surface area contributed by atoms with Gasteiger partial charge in [-0.05, 0) is 19.1 Å². The lowest BCUT2D eigenvalue weighted by Gasteiger charge is -2.09. The lowest BCUT2D eigenvalue weighted by Crippen LogP contribution is -2.19. The standard InChI is InChI=1S/C14H10Cl2N6O2/c1-7-4-11(18-14(24)10-2-3-12(23)20-19-10)22(21-7)13-9(16)5-8(15)6-17-13/h2-6H,1H3,(H,18,24)(H,20,23). The summed E-state index contributed by atoms with van der Waals surface area (Å²) in [7, 11) is 0. The predicted molar refractivity (Wildman–Crippen MR) is 88.9 cm³/mol. The van der Waals surface area contributed by atoms with Crippen LogP contribution in [0.2, 0.25) is 10.0 Å². The molecule has 0 aliphatic heterocycles. The molecule has 0 aliphatic carbocycles. The summed E-state index contributed by atoms with van der Waals surface area (Å²) in [5.41, 5.74) is 0.298. The Labute approximate surface area is 145 Å². The molecule has 8 nitrogen and oxygen atoms in total. The second-order valence-corrected chi connectivity index (χ2v) is 5.65. The van der Waals surface area contributed by atoms with E-state index in [0.29, 0.717) is 22.4 Å². The van der Waals surface area contributed by atoms with Crippen molar-refractivity contribution in [2.75, 3.05) is 5.32 Å². The van der Waals surface area contributed by atoms with Gasteiger partial charge in [0.2, 0.25) is 0 Å². The Morgan fingerprint density at radius 2 is 2.08 bits per heavy atom. The second-order valence-electron chi connectivity index (χ2n) is 4.80. The fourth-order valence-electron chi connectivity index (χ4n) is 1.96. The van der Waals surface area contributed by atoms with Crippen LogP contribution in [0.15, 0.2) is 35.3 Å². The highest BCUT2D eigenvalue weighted by Crippen LogP contribution is 2.25. The third-order valence-corrected chi connectivity index (χ3v) is 3.46. The highest BCUT2D eigenvalue weighted by molar-refractivity contribution is 6.35. The van der Waals surface area contributed by atoms with Crippen LogP contribution in [0.3, 0.4) is 0 Å². The Bertz CT molecular complexity index is 961. The van der Waals surface area contributed by atoms with Crippen molar-refractivity contribution in [2.24, 2.45) is 0 Å². The van der Waals surface area contributed by atoms with E-state index in [9.17, 15) is 9.59 Å². The molecule has 10 heteroatoms. The average molecular weight is 365 g/mol. The molecular formula is C14H10Cl2N6O2. The second kappa shape index (κ2) is 6.42. The number of anilines is 1. The van der Waals surface area contributed by atoms with Gasteiger partial charge in [0.15, 0.2) is 5.82 Å². The fraction of sp³-hybridized carbons (Fsp3) is 0.0714. The van der Waals surface area contributed by atoms with E-state index in [0.717, 1.165) is 0 Å². The number of H-pyrrole nitrogens is 1. The Morgan fingerprint density at radius 3 is 2.75 bits per heavy atom. The summed E-state index contributed by atoms with van der Waals surface area (Å²) in [6, 6.07) is 5.70. The quantitative estimate of drug-likeness (QED) is 0.740. The van der Waals surface area contributed by atoms with E-state index in [1.165, 1.54) is 29.1 Å². The molecule has 3 rings (SSSR count). The first-order chi connectivity index (χ1) is 11.4. The maximum absolute atomic E-state index is 12.2. The molecule has 0 bridgehead atoms. The molecule has 3 aromatic rings. The maximum Gasteiger partial charge on any atom is 0.277 e. The molecule has 0 unspecified atom stereocenters. The van der Waals surface area contributed by atoms with Gasteiger partial charge in [0.1, 0.15) is 11.5 Å². The molecule has 24 heavy (non-hydrogen) atoms. The lowest BCUT2D eigenvalue weighted by molar-refractivity contribution is 0.102. The molecule has 0 aliphatic rings. The van der Waals surface area contributed by atoms with Crippen molar-refractivity contribution < 1.29 is 4.79 Å². The third-order valence-electron chi connectivity index (χ3n) is 2.97. The zero-order chi connectivity index (χ0) is 17.3. The number of aryl methyl sites for hydroxylation is 1. The van der Waals surface area contributed by atoms with Gasteiger partial charge in [0.05, 0.1) is 15.7 Å². The molecular weight excluding hydrogens is 355 g/mol. The minimum Gasteiger partial charge on any atom is -0.305 e. The Kier molecular flexibility index (Phi) is 4.32. The van der Waals surface area contributed by atoms with Crippen LogP contribution in [0.4, 0.5) is 5.82 Å². The summed E-state index contributed by atoms with van der Waals surface area (Å²) < 4.78 is 1.39. The summed E-state index contributed by atoms with van der Waals surface area (Å²) in [4.78, 5) is 27.4. The van der Waals surface area contributed by atoms with Crippen LogP contribution >= 0.6 is 23.2 Å². The molecule has 0 fully saturated rings. The average Bonchev–Trinajstić information content (AvgIpc) is 2.88. The predicted octanol–water partition coefficient (Wildman–Crippen LogP) is 2.22. The summed E-state index contributed by atoms with van der Waals surface area (Å²) >= 11 is 12.0. The largest absolute Gasteiger partial charge is 0.305 e. The molecule has 122 valence electrons. The van der Waals surface area contributed by atoms with Crippen LogP contribution < -0.4 is 10.9 Å². The number of hydrogen-bond acceptors (Lipinski definition) is 5. The topological polar surface area (TPSA) is 106 Å². The zero-order valence-electron chi connectivity index (χ0n) is 12.2. The van der Waals surface area contributed by atoms with Gasteiger partial charge in [-0.2, -0.15) is 14.9 Å². The Hall–Kier alpha value is -2.71. The van der Waals surface area contributed by atoms with E-state index in [4.69, 9.17) is 23.2 Å². The van der Waals surface area contributed by atoms with Gasteiger partial charge in [-0.15, -0.1) is 0 Å². The smallest absolute Gasteiger partial charge is 0.277 e. The van der Waals surface area contributed by atoms with Gasteiger partial charge >= 0.3 is 0 Å². The van der Waals surface area contributed by atoms with Crippen LogP contribution in [-0.4, -0.2) is 30.9 Å². The number of nitrogens with zero attached hydrogens (tertiary/aromatic N) is 4. The SMILES string of the molecule is Cc1cc(NC(=O)c2ccc(=O)[nH]n2)n(-c2ncc(Cl)cc2Cl)n1. The van der Waals surface area contributed by atoms with Gasteiger partial charge in [-0.3, -0.25) is 9.59 Å². The Balaban J connectivity index is 1.96. The van der Waals surface area contributed by atoms with E-state index in [1.54, 1.807) is 13.0 Å². The number of pyridine rings is 1. The number of halogens is 2. The number of rotatable bonds is 3. The number of aromatic amines is 1. The minimum absolute atomic E-state index is 0.0511. The first-order valence-electron chi connectivity index (χ1n) is 6.69. The number of carbonyl (C=O) groups is 1. The molecule has 3 aromatic heterocycles. The van der Waals surface area contributed by atoms with Crippen molar-refractivity contribution >= 4 is 34.9 Å². The van der Waals surface area contributed by atoms with Crippen LogP contribution in [0.1, 0.15) is 16.2 Å². The zero-order valence-corrected chi connectivity index (χ0v) is 13.8. The highest BCUT2D eigenvalue weighted by Gasteiger charge is 2.16. The summed E-state index contributed by atoms with van der Waals surface area (Å²) in [5.74, 6) is 0.151. The fourth-order valence-corrected chi connectivity index (χ4v) is 2.42. The van der Waals surface area contributed by atoms with Crippen molar-refractivity contribution in [1.29, 1.82) is 0 Å². The maximum atomic E-state index is 12.2. The molecule has 0 radical (unpaired) electrons. The van der Waals surface area contributed by atoms with Crippen LogP contribution in [0, 0.1) is 6.92 Å².